The van der Waals surface area contributed by atoms with Gasteiger partial charge >= 0.3 is 5.97 Å². The number of ketones is 1. The summed E-state index contributed by atoms with van der Waals surface area (Å²) in [5, 5.41) is 17.6. The summed E-state index contributed by atoms with van der Waals surface area (Å²) in [5.74, 6) is -1.97. The molecule has 2 aliphatic rings. The van der Waals surface area contributed by atoms with Gasteiger partial charge in [-0.2, -0.15) is 4.31 Å². The first kappa shape index (κ1) is 24.1. The van der Waals surface area contributed by atoms with E-state index in [0.717, 1.165) is 31.2 Å². The monoisotopic (exact) mass is 462 g/mol. The Morgan fingerprint density at radius 2 is 1.75 bits per heavy atom. The number of nitrogens with zero attached hydrogens (tertiary/aromatic N) is 1. The number of nitrogens with one attached hydrogen (secondary N) is 1. The van der Waals surface area contributed by atoms with Crippen LogP contribution < -0.4 is 0 Å². The molecule has 0 atom stereocenters. The van der Waals surface area contributed by atoms with Crippen molar-refractivity contribution >= 4 is 27.5 Å². The Hall–Kier alpha value is -2.52. The van der Waals surface area contributed by atoms with E-state index in [2.05, 4.69) is 0 Å². The van der Waals surface area contributed by atoms with E-state index in [9.17, 15) is 23.1 Å². The van der Waals surface area contributed by atoms with Crippen LogP contribution in [0.3, 0.4) is 0 Å². The zero-order valence-corrected chi connectivity index (χ0v) is 19.3. The van der Waals surface area contributed by atoms with Crippen LogP contribution in [0.25, 0.3) is 0 Å². The summed E-state index contributed by atoms with van der Waals surface area (Å²) in [7, 11) is -3.63. The molecular weight excluding hydrogens is 432 g/mol. The lowest BCUT2D eigenvalue weighted by molar-refractivity contribution is -0.149. The van der Waals surface area contributed by atoms with E-state index in [1.54, 1.807) is 12.1 Å². The third kappa shape index (κ3) is 5.27. The molecule has 1 saturated heterocycles. The summed E-state index contributed by atoms with van der Waals surface area (Å²) in [5.41, 5.74) is 2.06. The number of piperidine rings is 1. The van der Waals surface area contributed by atoms with Crippen LogP contribution in [0.1, 0.15) is 50.7 Å². The summed E-state index contributed by atoms with van der Waals surface area (Å²) in [6, 6.07) is 5.38. The largest absolute Gasteiger partial charge is 0.508 e. The topological polar surface area (TPSA) is 125 Å². The average molecular weight is 463 g/mol. The van der Waals surface area contributed by atoms with Gasteiger partial charge in [0.15, 0.2) is 5.78 Å². The molecule has 3 rings (SSSR count). The molecule has 0 radical (unpaired) electrons. The molecule has 1 aliphatic heterocycles. The predicted octanol–water partition coefficient (Wildman–Crippen LogP) is 2.95. The number of carbonyl (C=O) groups is 2. The summed E-state index contributed by atoms with van der Waals surface area (Å²) in [6.07, 6.45) is 4.72. The fourth-order valence-electron chi connectivity index (χ4n) is 4.36. The second-order valence-corrected chi connectivity index (χ2v) is 10.4. The smallest absolute Gasteiger partial charge is 0.309 e. The predicted molar refractivity (Wildman–Crippen MR) is 119 cm³/mol. The van der Waals surface area contributed by atoms with Gasteiger partial charge in [0.2, 0.25) is 10.0 Å². The molecule has 1 aromatic carbocycles. The van der Waals surface area contributed by atoms with Gasteiger partial charge in [0, 0.05) is 18.8 Å². The van der Waals surface area contributed by atoms with Gasteiger partial charge in [-0.05, 0) is 75.6 Å². The number of aliphatic hydroxyl groups excluding tert-OH is 1. The van der Waals surface area contributed by atoms with Crippen LogP contribution in [0.4, 0.5) is 0 Å². The van der Waals surface area contributed by atoms with Gasteiger partial charge in [0.25, 0.3) is 0 Å². The van der Waals surface area contributed by atoms with Crippen molar-refractivity contribution in [2.24, 2.45) is 5.92 Å². The third-order valence-electron chi connectivity index (χ3n) is 6.11. The Bertz CT molecular complexity index is 1040. The van der Waals surface area contributed by atoms with E-state index in [0.29, 0.717) is 17.7 Å². The maximum atomic E-state index is 13.1. The molecular formula is C23H30N2O6S. The Labute approximate surface area is 188 Å². The zero-order valence-electron chi connectivity index (χ0n) is 18.5. The molecule has 0 amide bonds. The molecule has 0 unspecified atom stereocenters. The number of sulfonamides is 1. The van der Waals surface area contributed by atoms with Crippen molar-refractivity contribution in [3.8, 4) is 0 Å². The number of benzene rings is 1. The van der Waals surface area contributed by atoms with Gasteiger partial charge in [0.1, 0.15) is 12.4 Å². The molecule has 1 aliphatic carbocycles. The van der Waals surface area contributed by atoms with E-state index in [-0.39, 0.29) is 24.4 Å². The molecule has 0 saturated carbocycles. The van der Waals surface area contributed by atoms with E-state index in [1.807, 2.05) is 6.07 Å². The number of hydrogen-bond acceptors (Lipinski definition) is 7. The van der Waals surface area contributed by atoms with Crippen LogP contribution in [0.2, 0.25) is 0 Å². The first-order chi connectivity index (χ1) is 15.1. The SMILES string of the molecule is CC(=N)/C(C(C)=O)=C(/O)COC(=O)C1CCN(S(=O)(=O)c2ccc3c(c2)CCCC3)CC1. The van der Waals surface area contributed by atoms with Crippen molar-refractivity contribution in [3.63, 3.8) is 0 Å². The first-order valence-electron chi connectivity index (χ1n) is 10.9. The molecule has 9 heteroatoms. The highest BCUT2D eigenvalue weighted by Gasteiger charge is 2.33. The van der Waals surface area contributed by atoms with Crippen LogP contribution in [-0.4, -0.2) is 55.0 Å². The van der Waals surface area contributed by atoms with Crippen molar-refractivity contribution in [1.82, 2.24) is 4.31 Å². The van der Waals surface area contributed by atoms with Gasteiger partial charge in [-0.3, -0.25) is 9.59 Å². The highest BCUT2D eigenvalue weighted by molar-refractivity contribution is 7.89. The number of hydrogen-bond donors (Lipinski definition) is 2. The van der Waals surface area contributed by atoms with Gasteiger partial charge < -0.3 is 15.3 Å². The fourth-order valence-corrected chi connectivity index (χ4v) is 5.89. The average Bonchev–Trinajstić information content (AvgIpc) is 2.76. The van der Waals surface area contributed by atoms with Crippen molar-refractivity contribution in [2.75, 3.05) is 19.7 Å². The maximum absolute atomic E-state index is 13.1. The zero-order chi connectivity index (χ0) is 23.5. The number of rotatable bonds is 7. The second kappa shape index (κ2) is 9.95. The van der Waals surface area contributed by atoms with Crippen molar-refractivity contribution in [2.45, 2.75) is 57.3 Å². The van der Waals surface area contributed by atoms with Crippen LogP contribution in [-0.2, 0) is 37.2 Å². The van der Waals surface area contributed by atoms with Crippen LogP contribution in [0.15, 0.2) is 34.4 Å². The van der Waals surface area contributed by atoms with Gasteiger partial charge in [0.05, 0.1) is 16.4 Å². The fraction of sp³-hybridized carbons (Fsp3) is 0.522. The Balaban J connectivity index is 1.59. The van der Waals surface area contributed by atoms with Gasteiger partial charge in [-0.15, -0.1) is 0 Å². The molecule has 0 bridgehead atoms. The number of esters is 1. The van der Waals surface area contributed by atoms with E-state index >= 15 is 0 Å². The number of aliphatic hydroxyl groups is 1. The minimum atomic E-state index is -3.63. The maximum Gasteiger partial charge on any atom is 0.309 e. The molecule has 2 N–H and O–H groups in total. The summed E-state index contributed by atoms with van der Waals surface area (Å²) in [4.78, 5) is 24.2. The number of allylic oxidation sites excluding steroid dienone is 1. The number of Topliss-reactive ketones (excluding diaryl/α,β-unsaturated/α-hetero) is 1. The number of aryl methyl sites for hydroxylation is 2. The molecule has 0 spiro atoms. The van der Waals surface area contributed by atoms with Crippen LogP contribution in [0, 0.1) is 11.3 Å². The van der Waals surface area contributed by atoms with E-state index in [1.165, 1.54) is 23.7 Å². The van der Waals surface area contributed by atoms with Crippen LogP contribution >= 0.6 is 0 Å². The molecule has 32 heavy (non-hydrogen) atoms. The van der Waals surface area contributed by atoms with Gasteiger partial charge in [-0.25, -0.2) is 8.42 Å². The number of fused-ring (bicyclic) bond motifs is 1. The molecule has 1 fully saturated rings. The third-order valence-corrected chi connectivity index (χ3v) is 8.01. The standard InChI is InChI=1S/C23H30N2O6S/c1-15(24)22(16(2)26)21(27)14-31-23(28)18-9-11-25(12-10-18)32(29,30)20-8-7-17-5-3-4-6-19(17)13-20/h7-8,13,18,24,27H,3-6,9-12,14H2,1-2H3/b22-21-,24-15?. The lowest BCUT2D eigenvalue weighted by Crippen LogP contribution is -2.40. The normalized spacial score (nSPS) is 18.4. The van der Waals surface area contributed by atoms with Crippen molar-refractivity contribution in [1.29, 1.82) is 5.41 Å². The first-order valence-corrected chi connectivity index (χ1v) is 12.3. The van der Waals surface area contributed by atoms with Gasteiger partial charge in [-0.1, -0.05) is 6.07 Å². The molecule has 174 valence electrons. The molecule has 1 heterocycles. The van der Waals surface area contributed by atoms with Crippen LogP contribution in [0.5, 0.6) is 0 Å². The summed E-state index contributed by atoms with van der Waals surface area (Å²) < 4.78 is 32.7. The Kier molecular flexibility index (Phi) is 7.51. The second-order valence-electron chi connectivity index (χ2n) is 8.43. The van der Waals surface area contributed by atoms with E-state index in [4.69, 9.17) is 10.1 Å². The summed E-state index contributed by atoms with van der Waals surface area (Å²) >= 11 is 0. The molecule has 0 aromatic heterocycles. The highest BCUT2D eigenvalue weighted by atomic mass is 32.2. The lowest BCUT2D eigenvalue weighted by atomic mass is 9.92. The van der Waals surface area contributed by atoms with Crippen molar-refractivity contribution < 1.29 is 27.9 Å². The number of ether oxygens (including phenoxy) is 1. The minimum absolute atomic E-state index is 0.105. The molecule has 1 aromatic rings. The highest BCUT2D eigenvalue weighted by Crippen LogP contribution is 2.28. The quantitative estimate of drug-likeness (QED) is 0.278. The van der Waals surface area contributed by atoms with E-state index < -0.39 is 40.1 Å². The lowest BCUT2D eigenvalue weighted by Gasteiger charge is -2.30. The Morgan fingerprint density at radius 1 is 1.12 bits per heavy atom. The van der Waals surface area contributed by atoms with Crippen molar-refractivity contribution in [3.05, 3.63) is 40.7 Å². The summed E-state index contributed by atoms with van der Waals surface area (Å²) in [6.45, 7) is 2.52. The molecule has 8 nitrogen and oxygen atoms in total. The number of carbonyl (C=O) groups excluding carboxylic acids is 2. The Morgan fingerprint density at radius 3 is 2.34 bits per heavy atom. The minimum Gasteiger partial charge on any atom is -0.508 e.